The summed E-state index contributed by atoms with van der Waals surface area (Å²) < 4.78 is 1.79. The van der Waals surface area contributed by atoms with E-state index < -0.39 is 0 Å². The van der Waals surface area contributed by atoms with E-state index in [1.807, 2.05) is 18.2 Å². The van der Waals surface area contributed by atoms with Gasteiger partial charge in [-0.2, -0.15) is 0 Å². The summed E-state index contributed by atoms with van der Waals surface area (Å²) in [5, 5.41) is 14.3. The van der Waals surface area contributed by atoms with Gasteiger partial charge in [-0.3, -0.25) is 9.59 Å². The van der Waals surface area contributed by atoms with Crippen molar-refractivity contribution in [3.05, 3.63) is 36.2 Å². The number of benzene rings is 1. The number of hydrogen-bond donors (Lipinski definition) is 2. The smallest absolute Gasteiger partial charge is 0.277 e. The lowest BCUT2D eigenvalue weighted by atomic mass is 10.1. The van der Waals surface area contributed by atoms with Crippen LogP contribution in [0.15, 0.2) is 30.5 Å². The van der Waals surface area contributed by atoms with Crippen LogP contribution in [0, 0.1) is 0 Å². The van der Waals surface area contributed by atoms with Gasteiger partial charge in [0.15, 0.2) is 5.69 Å². The SMILES string of the molecule is O=C(Nc1cccc(N2CCCC2=O)c1)c1cn(C2CCNCC2)nn1. The number of hydrogen-bond acceptors (Lipinski definition) is 5. The van der Waals surface area contributed by atoms with Crippen molar-refractivity contribution >= 4 is 23.2 Å². The third-order valence-electron chi connectivity index (χ3n) is 4.91. The molecular formula is C18H22N6O2. The standard InChI is InChI=1S/C18H22N6O2/c25-17-5-2-10-23(17)15-4-1-3-13(11-15)20-18(26)16-12-24(22-21-16)14-6-8-19-9-7-14/h1,3-4,11-12,14,19H,2,5-10H2,(H,20,26). The van der Waals surface area contributed by atoms with E-state index >= 15 is 0 Å². The zero-order chi connectivity index (χ0) is 17.9. The molecule has 2 amide bonds. The van der Waals surface area contributed by atoms with Crippen molar-refractivity contribution in [1.82, 2.24) is 20.3 Å². The summed E-state index contributed by atoms with van der Waals surface area (Å²) >= 11 is 0. The maximum Gasteiger partial charge on any atom is 0.277 e. The number of piperidine rings is 1. The maximum absolute atomic E-state index is 12.5. The molecule has 2 aliphatic rings. The molecule has 0 unspecified atom stereocenters. The first-order valence-corrected chi connectivity index (χ1v) is 9.05. The third kappa shape index (κ3) is 3.45. The fourth-order valence-electron chi connectivity index (χ4n) is 3.50. The van der Waals surface area contributed by atoms with Gasteiger partial charge >= 0.3 is 0 Å². The molecule has 0 bridgehead atoms. The van der Waals surface area contributed by atoms with Crippen molar-refractivity contribution in [3.8, 4) is 0 Å². The van der Waals surface area contributed by atoms with Gasteiger partial charge in [-0.05, 0) is 50.6 Å². The highest BCUT2D eigenvalue weighted by Gasteiger charge is 2.22. The number of nitrogens with one attached hydrogen (secondary N) is 2. The van der Waals surface area contributed by atoms with Crippen LogP contribution >= 0.6 is 0 Å². The average Bonchev–Trinajstić information content (AvgIpc) is 3.32. The second-order valence-electron chi connectivity index (χ2n) is 6.72. The fraction of sp³-hybridized carbons (Fsp3) is 0.444. The summed E-state index contributed by atoms with van der Waals surface area (Å²) in [5.41, 5.74) is 1.75. The van der Waals surface area contributed by atoms with E-state index in [9.17, 15) is 9.59 Å². The summed E-state index contributed by atoms with van der Waals surface area (Å²) in [6.07, 6.45) is 5.12. The van der Waals surface area contributed by atoms with Crippen molar-refractivity contribution in [2.45, 2.75) is 31.7 Å². The molecule has 2 N–H and O–H groups in total. The Morgan fingerprint density at radius 3 is 2.88 bits per heavy atom. The highest BCUT2D eigenvalue weighted by molar-refractivity contribution is 6.03. The molecule has 2 fully saturated rings. The molecule has 1 aromatic carbocycles. The Morgan fingerprint density at radius 2 is 2.12 bits per heavy atom. The van der Waals surface area contributed by atoms with E-state index in [2.05, 4.69) is 20.9 Å². The Labute approximate surface area is 151 Å². The van der Waals surface area contributed by atoms with Gasteiger partial charge in [-0.1, -0.05) is 11.3 Å². The van der Waals surface area contributed by atoms with Crippen LogP contribution in [0.25, 0.3) is 0 Å². The zero-order valence-corrected chi connectivity index (χ0v) is 14.5. The topological polar surface area (TPSA) is 92.2 Å². The monoisotopic (exact) mass is 354 g/mol. The zero-order valence-electron chi connectivity index (χ0n) is 14.5. The summed E-state index contributed by atoms with van der Waals surface area (Å²) in [5.74, 6) is -0.173. The van der Waals surface area contributed by atoms with Gasteiger partial charge in [-0.15, -0.1) is 5.10 Å². The van der Waals surface area contributed by atoms with Crippen molar-refractivity contribution in [2.24, 2.45) is 0 Å². The van der Waals surface area contributed by atoms with Gasteiger partial charge < -0.3 is 15.5 Å². The minimum Gasteiger partial charge on any atom is -0.320 e. The second kappa shape index (κ2) is 7.25. The van der Waals surface area contributed by atoms with E-state index in [4.69, 9.17) is 0 Å². The Balaban J connectivity index is 1.45. The summed E-state index contributed by atoms with van der Waals surface area (Å²) in [6.45, 7) is 2.63. The van der Waals surface area contributed by atoms with Crippen molar-refractivity contribution in [1.29, 1.82) is 0 Å². The predicted molar refractivity (Wildman–Crippen MR) is 97.1 cm³/mol. The van der Waals surface area contributed by atoms with Gasteiger partial charge in [-0.25, -0.2) is 4.68 Å². The molecule has 0 atom stereocenters. The number of anilines is 2. The Kier molecular flexibility index (Phi) is 4.66. The predicted octanol–water partition coefficient (Wildman–Crippen LogP) is 1.58. The molecule has 2 saturated heterocycles. The number of carbonyl (C=O) groups excluding carboxylic acids is 2. The molecule has 2 aromatic rings. The van der Waals surface area contributed by atoms with Crippen LogP contribution in [-0.4, -0.2) is 46.4 Å². The Hall–Kier alpha value is -2.74. The van der Waals surface area contributed by atoms with E-state index in [-0.39, 0.29) is 17.9 Å². The molecule has 3 heterocycles. The lowest BCUT2D eigenvalue weighted by molar-refractivity contribution is -0.117. The van der Waals surface area contributed by atoms with Crippen molar-refractivity contribution in [3.63, 3.8) is 0 Å². The van der Waals surface area contributed by atoms with Crippen LogP contribution in [0.5, 0.6) is 0 Å². The molecule has 0 radical (unpaired) electrons. The van der Waals surface area contributed by atoms with Crippen LogP contribution < -0.4 is 15.5 Å². The van der Waals surface area contributed by atoms with E-state index in [0.29, 0.717) is 17.8 Å². The molecule has 0 aliphatic carbocycles. The first-order chi connectivity index (χ1) is 12.7. The molecule has 8 heteroatoms. The summed E-state index contributed by atoms with van der Waals surface area (Å²) in [6, 6.07) is 7.63. The lowest BCUT2D eigenvalue weighted by Gasteiger charge is -2.22. The largest absolute Gasteiger partial charge is 0.320 e. The minimum atomic E-state index is -0.296. The van der Waals surface area contributed by atoms with Crippen molar-refractivity contribution in [2.75, 3.05) is 29.9 Å². The van der Waals surface area contributed by atoms with Crippen LogP contribution in [0.4, 0.5) is 11.4 Å². The number of amides is 2. The molecule has 2 aliphatic heterocycles. The molecule has 1 aromatic heterocycles. The van der Waals surface area contributed by atoms with Gasteiger partial charge in [0.05, 0.1) is 12.2 Å². The molecule has 0 spiro atoms. The van der Waals surface area contributed by atoms with Gasteiger partial charge in [0.2, 0.25) is 5.91 Å². The highest BCUT2D eigenvalue weighted by Crippen LogP contribution is 2.24. The normalized spacial score (nSPS) is 18.3. The second-order valence-corrected chi connectivity index (χ2v) is 6.72. The summed E-state index contributed by atoms with van der Waals surface area (Å²) in [4.78, 5) is 26.1. The van der Waals surface area contributed by atoms with Gasteiger partial charge in [0.1, 0.15) is 0 Å². The molecule has 26 heavy (non-hydrogen) atoms. The number of nitrogens with zero attached hydrogens (tertiary/aromatic N) is 4. The summed E-state index contributed by atoms with van der Waals surface area (Å²) in [7, 11) is 0. The Morgan fingerprint density at radius 1 is 1.27 bits per heavy atom. The molecule has 136 valence electrons. The average molecular weight is 354 g/mol. The first kappa shape index (κ1) is 16.7. The maximum atomic E-state index is 12.5. The van der Waals surface area contributed by atoms with Crippen LogP contribution in [0.3, 0.4) is 0 Å². The van der Waals surface area contributed by atoms with Gasteiger partial charge in [0.25, 0.3) is 5.91 Å². The van der Waals surface area contributed by atoms with Crippen LogP contribution in [0.2, 0.25) is 0 Å². The number of carbonyl (C=O) groups is 2. The van der Waals surface area contributed by atoms with Crippen LogP contribution in [-0.2, 0) is 4.79 Å². The fourth-order valence-corrected chi connectivity index (χ4v) is 3.50. The lowest BCUT2D eigenvalue weighted by Crippen LogP contribution is -2.29. The number of rotatable bonds is 4. The highest BCUT2D eigenvalue weighted by atomic mass is 16.2. The Bertz CT molecular complexity index is 812. The first-order valence-electron chi connectivity index (χ1n) is 9.05. The number of aromatic nitrogens is 3. The van der Waals surface area contributed by atoms with Crippen molar-refractivity contribution < 1.29 is 9.59 Å². The van der Waals surface area contributed by atoms with E-state index in [1.54, 1.807) is 21.8 Å². The molecular weight excluding hydrogens is 332 g/mol. The molecule has 4 rings (SSSR count). The minimum absolute atomic E-state index is 0.124. The van der Waals surface area contributed by atoms with Gasteiger partial charge in [0, 0.05) is 24.3 Å². The van der Waals surface area contributed by atoms with Crippen LogP contribution in [0.1, 0.15) is 42.2 Å². The quantitative estimate of drug-likeness (QED) is 0.870. The molecule has 8 nitrogen and oxygen atoms in total. The van der Waals surface area contributed by atoms with E-state index in [0.717, 1.165) is 44.6 Å². The molecule has 0 saturated carbocycles. The third-order valence-corrected chi connectivity index (χ3v) is 4.91. The van der Waals surface area contributed by atoms with E-state index in [1.165, 1.54) is 0 Å².